The number of carbonyl (C=O) groups excluding carboxylic acids is 11. The van der Waals surface area contributed by atoms with Crippen LogP contribution in [0.25, 0.3) is 0 Å². The van der Waals surface area contributed by atoms with E-state index in [-0.39, 0.29) is 56.0 Å². The third kappa shape index (κ3) is 23.3. The summed E-state index contributed by atoms with van der Waals surface area (Å²) in [5.74, 6) is -9.31. The van der Waals surface area contributed by atoms with Crippen molar-refractivity contribution in [3.05, 3.63) is 12.4 Å². The molecule has 100 heavy (non-hydrogen) atoms. The Balaban J connectivity index is 1.87. The van der Waals surface area contributed by atoms with Gasteiger partial charge in [0.2, 0.25) is 59.1 Å². The predicted molar refractivity (Wildman–Crippen MR) is 377 cm³/mol. The number of morpholine rings is 1. The molecule has 1 aromatic rings. The number of aromatic nitrogens is 3. The van der Waals surface area contributed by atoms with Gasteiger partial charge in [0, 0.05) is 74.7 Å². The SMILES string of the molecule is CC[C@@H]1NC(=O)[C@@H]2[C@@H]([C@H](C)CCCCCn3ccnn3)ON2C(=O)[C@H](C(C)C)N(C)C(=O)[C@H](CC(C)C)N(C)C(=O)[C@H](CC(C)C)N(C)C(=O)[C@@H](C)NC(=O)[C@H](C)NC(=O)[C@H](CC(C)C)N(C)C(=O)[C@H](C(C)C)NC(=O)[C@H]([C@@H](C)OCCCCN2CCOCC2)N(C)C(=O)[C@@H](C)N(C)C1=O. The standard InChI is InChI=1S/C71H125N15O14/c1-23-52-67(93)78(17)50(15)66(92)83(22)58(51(16)99-36-28-27-31-84-34-37-98-38-35-84)63(89)76-56(45(8)9)70(96)79(18)53(39-42(2)3)62(88)73-48(13)61(87)74-49(14)65(91)80(19)54(40-43(4)5)68(94)81(20)55(41-44(6)7)69(95)82(21)57(46(10)11)71(97)86-59(64(90)75-52)60(100-86)47(12)29-25-24-26-32-85-33-30-72-77-85/h30,33,42-60H,23-29,31-32,34-41H2,1-22H3,(H,73,88)(H,74,87)(H,75,90)(H,76,89)/t47-,48+,49-,50-,51-,52+,53+,54+,55+,56+,57+,58+,59+,60-/m1/s1. The van der Waals surface area contributed by atoms with Crippen molar-refractivity contribution in [2.45, 2.75) is 260 Å². The van der Waals surface area contributed by atoms with E-state index in [4.69, 9.17) is 14.3 Å². The average Bonchev–Trinajstić information content (AvgIpc) is 0.837. The van der Waals surface area contributed by atoms with Crippen molar-refractivity contribution in [3.8, 4) is 0 Å². The number of nitrogens with zero attached hydrogens (tertiary/aromatic N) is 11. The summed E-state index contributed by atoms with van der Waals surface area (Å²) in [4.78, 5) is 180. The Labute approximate surface area is 595 Å². The van der Waals surface area contributed by atoms with Gasteiger partial charge in [-0.05, 0) is 121 Å². The lowest BCUT2D eigenvalue weighted by atomic mass is 9.88. The highest BCUT2D eigenvalue weighted by Gasteiger charge is 2.55. The van der Waals surface area contributed by atoms with Crippen molar-refractivity contribution in [1.29, 1.82) is 0 Å². The number of ether oxygens (including phenoxy) is 2. The Morgan fingerprint density at radius 3 is 1.61 bits per heavy atom. The van der Waals surface area contributed by atoms with Crippen molar-refractivity contribution in [2.75, 3.05) is 81.7 Å². The minimum Gasteiger partial charge on any atom is -0.379 e. The van der Waals surface area contributed by atoms with Gasteiger partial charge in [0.1, 0.15) is 66.5 Å². The van der Waals surface area contributed by atoms with Gasteiger partial charge in [-0.25, -0.2) is 5.06 Å². The first-order valence-corrected chi connectivity index (χ1v) is 36.5. The number of rotatable bonds is 23. The van der Waals surface area contributed by atoms with Gasteiger partial charge in [-0.3, -0.25) is 67.2 Å². The second-order valence-corrected chi connectivity index (χ2v) is 30.0. The monoisotopic (exact) mass is 1410 g/mol. The summed E-state index contributed by atoms with van der Waals surface area (Å²) in [7, 11) is 8.68. The largest absolute Gasteiger partial charge is 0.379 e. The number of carbonyl (C=O) groups is 11. The molecule has 568 valence electrons. The van der Waals surface area contributed by atoms with E-state index >= 15 is 28.8 Å². The summed E-state index contributed by atoms with van der Waals surface area (Å²) in [6.45, 7) is 32.5. The Kier molecular flexibility index (Phi) is 34.3. The summed E-state index contributed by atoms with van der Waals surface area (Å²) in [6, 6.07) is -13.6. The van der Waals surface area contributed by atoms with Gasteiger partial charge in [0.05, 0.1) is 25.5 Å². The fraction of sp³-hybridized carbons (Fsp3) is 0.817. The molecular formula is C71H125N15O14. The van der Waals surface area contributed by atoms with Crippen molar-refractivity contribution >= 4 is 65.0 Å². The summed E-state index contributed by atoms with van der Waals surface area (Å²) < 4.78 is 13.6. The molecule has 4 rings (SSSR count). The number of amides is 11. The van der Waals surface area contributed by atoms with E-state index in [9.17, 15) is 24.0 Å². The Morgan fingerprint density at radius 2 is 1.06 bits per heavy atom. The van der Waals surface area contributed by atoms with Crippen molar-refractivity contribution in [1.82, 2.24) is 75.6 Å². The van der Waals surface area contributed by atoms with Gasteiger partial charge >= 0.3 is 0 Å². The molecule has 0 unspecified atom stereocenters. The zero-order valence-corrected chi connectivity index (χ0v) is 64.3. The molecule has 0 bridgehead atoms. The lowest BCUT2D eigenvalue weighted by Gasteiger charge is -2.50. The number of hydroxylamine groups is 2. The molecule has 1 aromatic heterocycles. The van der Waals surface area contributed by atoms with E-state index in [0.29, 0.717) is 32.6 Å². The van der Waals surface area contributed by atoms with Gasteiger partial charge in [-0.1, -0.05) is 101 Å². The van der Waals surface area contributed by atoms with Crippen molar-refractivity contribution in [3.63, 3.8) is 0 Å². The molecule has 3 aliphatic rings. The Hall–Kier alpha value is -6.85. The molecule has 0 aliphatic carbocycles. The topological polar surface area (TPSA) is 320 Å². The number of likely N-dealkylation sites (N-methyl/N-ethyl adjacent to an activating group) is 6. The molecular weight excluding hydrogens is 1290 g/mol. The summed E-state index contributed by atoms with van der Waals surface area (Å²) in [6.07, 6.45) is 6.39. The lowest BCUT2D eigenvalue weighted by Crippen LogP contribution is -2.72. The van der Waals surface area contributed by atoms with Gasteiger partial charge in [-0.15, -0.1) is 5.10 Å². The van der Waals surface area contributed by atoms with Crippen LogP contribution in [-0.2, 0) is 73.6 Å². The molecule has 14 atom stereocenters. The smallest absolute Gasteiger partial charge is 0.270 e. The average molecular weight is 1410 g/mol. The van der Waals surface area contributed by atoms with Crippen molar-refractivity contribution in [2.24, 2.45) is 35.5 Å². The molecule has 29 nitrogen and oxygen atoms in total. The summed E-state index contributed by atoms with van der Waals surface area (Å²) in [5.41, 5.74) is 0. The minimum atomic E-state index is -1.39. The maximum absolute atomic E-state index is 15.4. The maximum atomic E-state index is 15.4. The molecule has 3 fully saturated rings. The van der Waals surface area contributed by atoms with Crippen LogP contribution in [0.5, 0.6) is 0 Å². The highest BCUT2D eigenvalue weighted by atomic mass is 16.7. The van der Waals surface area contributed by atoms with E-state index in [2.05, 4.69) is 36.5 Å². The molecule has 0 aromatic carbocycles. The number of hydrogen-bond donors (Lipinski definition) is 4. The van der Waals surface area contributed by atoms with Gasteiger partial charge in [0.25, 0.3) is 5.91 Å². The van der Waals surface area contributed by atoms with E-state index in [1.165, 1.54) is 92.5 Å². The molecule has 3 saturated heterocycles. The predicted octanol–water partition coefficient (Wildman–Crippen LogP) is 3.34. The molecule has 3 aliphatic heterocycles. The Bertz CT molecular complexity index is 2850. The summed E-state index contributed by atoms with van der Waals surface area (Å²) >= 11 is 0. The van der Waals surface area contributed by atoms with Crippen LogP contribution in [0.2, 0.25) is 0 Å². The molecule has 4 N–H and O–H groups in total. The van der Waals surface area contributed by atoms with E-state index in [1.54, 1.807) is 58.6 Å². The highest BCUT2D eigenvalue weighted by Crippen LogP contribution is 2.34. The molecule has 11 amide bonds. The molecule has 29 heteroatoms. The normalized spacial score (nSPS) is 27.6. The molecule has 0 spiro atoms. The molecule has 4 heterocycles. The van der Waals surface area contributed by atoms with Gasteiger partial charge < -0.3 is 60.1 Å². The van der Waals surface area contributed by atoms with Crippen LogP contribution in [0.15, 0.2) is 12.4 Å². The number of fused-ring (bicyclic) bond motifs is 1. The van der Waals surface area contributed by atoms with Crippen LogP contribution in [0.1, 0.15) is 175 Å². The van der Waals surface area contributed by atoms with Crippen LogP contribution in [-0.4, -0.2) is 280 Å². The zero-order valence-electron chi connectivity index (χ0n) is 64.3. The van der Waals surface area contributed by atoms with Crippen LogP contribution in [0.4, 0.5) is 0 Å². The second kappa shape index (κ2) is 40.1. The van der Waals surface area contributed by atoms with Crippen LogP contribution < -0.4 is 21.3 Å². The Morgan fingerprint density at radius 1 is 0.520 bits per heavy atom. The zero-order chi connectivity index (χ0) is 75.3. The fourth-order valence-electron chi connectivity index (χ4n) is 13.4. The minimum absolute atomic E-state index is 0.0454. The first kappa shape index (κ1) is 85.6. The van der Waals surface area contributed by atoms with Crippen LogP contribution >= 0.6 is 0 Å². The van der Waals surface area contributed by atoms with Gasteiger partial charge in [0.15, 0.2) is 6.04 Å². The number of hydrogen-bond acceptors (Lipinski definition) is 17. The fourth-order valence-corrected chi connectivity index (χ4v) is 13.4. The quantitative estimate of drug-likeness (QED) is 0.114. The third-order valence-corrected chi connectivity index (χ3v) is 19.8. The van der Waals surface area contributed by atoms with Crippen LogP contribution in [0, 0.1) is 35.5 Å². The lowest BCUT2D eigenvalue weighted by molar-refractivity contribution is -0.322. The van der Waals surface area contributed by atoms with E-state index in [1.807, 2.05) is 48.5 Å². The van der Waals surface area contributed by atoms with Crippen LogP contribution in [0.3, 0.4) is 0 Å². The van der Waals surface area contributed by atoms with Gasteiger partial charge in [-0.2, -0.15) is 0 Å². The maximum Gasteiger partial charge on any atom is 0.270 e. The first-order chi connectivity index (χ1) is 46.9. The third-order valence-electron chi connectivity index (χ3n) is 19.8. The highest BCUT2D eigenvalue weighted by molar-refractivity contribution is 6.00. The number of aryl methyl sites for hydroxylation is 1. The molecule has 0 saturated carbocycles. The second-order valence-electron chi connectivity index (χ2n) is 30.0. The first-order valence-electron chi connectivity index (χ1n) is 36.5. The van der Waals surface area contributed by atoms with Crippen molar-refractivity contribution < 1.29 is 67.1 Å². The van der Waals surface area contributed by atoms with E-state index in [0.717, 1.165) is 50.4 Å². The summed E-state index contributed by atoms with van der Waals surface area (Å²) in [5, 5.41) is 20.2. The number of nitrogens with one attached hydrogen (secondary N) is 4. The van der Waals surface area contributed by atoms with E-state index < -0.39 is 155 Å². The molecule has 0 radical (unpaired) electrons. The number of unbranched alkanes of at least 4 members (excludes halogenated alkanes) is 3.